The lowest BCUT2D eigenvalue weighted by Crippen LogP contribution is -2.37. The van der Waals surface area contributed by atoms with Gasteiger partial charge in [-0.1, -0.05) is 36.4 Å². The molecule has 2 aromatic carbocycles. The standard InChI is InChI=1S/C20H25NO2/c1-13-10-11-18(12-15(13)3)16(4)21-20(22)17(5)23-19-9-7-6-8-14(19)2/h6-12,16-17H,1-5H3,(H,21,22). The van der Waals surface area contributed by atoms with Crippen LogP contribution in [0.1, 0.15) is 42.1 Å². The lowest BCUT2D eigenvalue weighted by Gasteiger charge is -2.20. The molecular weight excluding hydrogens is 286 g/mol. The summed E-state index contributed by atoms with van der Waals surface area (Å²) in [6.45, 7) is 9.90. The molecule has 1 amide bonds. The van der Waals surface area contributed by atoms with E-state index in [2.05, 4.69) is 37.4 Å². The third-order valence-corrected chi connectivity index (χ3v) is 4.16. The van der Waals surface area contributed by atoms with Crippen molar-refractivity contribution >= 4 is 5.91 Å². The van der Waals surface area contributed by atoms with Crippen LogP contribution in [-0.2, 0) is 4.79 Å². The molecule has 2 aromatic rings. The van der Waals surface area contributed by atoms with Gasteiger partial charge in [-0.2, -0.15) is 0 Å². The summed E-state index contributed by atoms with van der Waals surface area (Å²) < 4.78 is 5.77. The van der Waals surface area contributed by atoms with Gasteiger partial charge in [0.05, 0.1) is 6.04 Å². The van der Waals surface area contributed by atoms with Crippen LogP contribution in [0, 0.1) is 20.8 Å². The minimum atomic E-state index is -0.537. The number of amides is 1. The normalized spacial score (nSPS) is 13.3. The minimum absolute atomic E-state index is 0.0512. The fourth-order valence-corrected chi connectivity index (χ4v) is 2.38. The van der Waals surface area contributed by atoms with E-state index in [9.17, 15) is 4.79 Å². The number of aryl methyl sites for hydroxylation is 3. The monoisotopic (exact) mass is 311 g/mol. The quantitative estimate of drug-likeness (QED) is 0.896. The summed E-state index contributed by atoms with van der Waals surface area (Å²) in [7, 11) is 0. The molecular formula is C20H25NO2. The van der Waals surface area contributed by atoms with Crippen LogP contribution >= 0.6 is 0 Å². The second kappa shape index (κ2) is 7.32. The van der Waals surface area contributed by atoms with Gasteiger partial charge in [-0.25, -0.2) is 0 Å². The molecule has 2 unspecified atom stereocenters. The Morgan fingerprint density at radius 3 is 2.30 bits per heavy atom. The molecule has 0 saturated heterocycles. The number of carbonyl (C=O) groups is 1. The largest absolute Gasteiger partial charge is 0.481 e. The molecule has 2 rings (SSSR count). The number of nitrogens with one attached hydrogen (secondary N) is 1. The Kier molecular flexibility index (Phi) is 5.43. The van der Waals surface area contributed by atoms with Gasteiger partial charge >= 0.3 is 0 Å². The lowest BCUT2D eigenvalue weighted by molar-refractivity contribution is -0.127. The van der Waals surface area contributed by atoms with Crippen molar-refractivity contribution in [1.29, 1.82) is 0 Å². The number of hydrogen-bond acceptors (Lipinski definition) is 2. The van der Waals surface area contributed by atoms with Crippen LogP contribution in [0.25, 0.3) is 0 Å². The van der Waals surface area contributed by atoms with Gasteiger partial charge in [-0.05, 0) is 62.9 Å². The van der Waals surface area contributed by atoms with Crippen LogP contribution < -0.4 is 10.1 Å². The summed E-state index contributed by atoms with van der Waals surface area (Å²) in [5.41, 5.74) is 4.61. The Labute approximate surface area is 138 Å². The fourth-order valence-electron chi connectivity index (χ4n) is 2.38. The second-order valence-corrected chi connectivity index (χ2v) is 6.10. The fraction of sp³-hybridized carbons (Fsp3) is 0.350. The number of ether oxygens (including phenoxy) is 1. The van der Waals surface area contributed by atoms with E-state index >= 15 is 0 Å². The molecule has 0 aliphatic rings. The van der Waals surface area contributed by atoms with Crippen molar-refractivity contribution in [1.82, 2.24) is 5.32 Å². The first-order valence-electron chi connectivity index (χ1n) is 7.98. The van der Waals surface area contributed by atoms with Crippen LogP contribution in [0.4, 0.5) is 0 Å². The van der Waals surface area contributed by atoms with E-state index in [0.29, 0.717) is 0 Å². The van der Waals surface area contributed by atoms with Gasteiger partial charge in [0, 0.05) is 0 Å². The van der Waals surface area contributed by atoms with E-state index in [1.807, 2.05) is 38.1 Å². The third-order valence-electron chi connectivity index (χ3n) is 4.16. The highest BCUT2D eigenvalue weighted by molar-refractivity contribution is 5.81. The van der Waals surface area contributed by atoms with E-state index in [0.717, 1.165) is 16.9 Å². The maximum atomic E-state index is 12.4. The average Bonchev–Trinajstić information content (AvgIpc) is 2.52. The maximum absolute atomic E-state index is 12.4. The Bertz CT molecular complexity index is 694. The molecule has 0 aromatic heterocycles. The second-order valence-electron chi connectivity index (χ2n) is 6.10. The summed E-state index contributed by atoms with van der Waals surface area (Å²) in [5, 5.41) is 3.02. The molecule has 0 spiro atoms. The highest BCUT2D eigenvalue weighted by Gasteiger charge is 2.18. The molecule has 3 nitrogen and oxygen atoms in total. The number of para-hydroxylation sites is 1. The van der Waals surface area contributed by atoms with E-state index in [1.54, 1.807) is 6.92 Å². The molecule has 1 N–H and O–H groups in total. The predicted octanol–water partition coefficient (Wildman–Crippen LogP) is 4.26. The van der Waals surface area contributed by atoms with Crippen molar-refractivity contribution in [3.05, 3.63) is 64.7 Å². The average molecular weight is 311 g/mol. The number of rotatable bonds is 5. The van der Waals surface area contributed by atoms with Gasteiger partial charge in [0.1, 0.15) is 5.75 Å². The van der Waals surface area contributed by atoms with Gasteiger partial charge in [-0.3, -0.25) is 4.79 Å². The van der Waals surface area contributed by atoms with Crippen molar-refractivity contribution in [2.75, 3.05) is 0 Å². The first-order chi connectivity index (χ1) is 10.9. The summed E-state index contributed by atoms with van der Waals surface area (Å²) in [4.78, 5) is 12.4. The summed E-state index contributed by atoms with van der Waals surface area (Å²) >= 11 is 0. The van der Waals surface area contributed by atoms with Crippen molar-refractivity contribution in [2.45, 2.75) is 46.8 Å². The third kappa shape index (κ3) is 4.35. The summed E-state index contributed by atoms with van der Waals surface area (Å²) in [5.74, 6) is 0.632. The maximum Gasteiger partial charge on any atom is 0.261 e. The molecule has 0 radical (unpaired) electrons. The molecule has 0 aliphatic carbocycles. The predicted molar refractivity (Wildman–Crippen MR) is 93.7 cm³/mol. The van der Waals surface area contributed by atoms with E-state index in [-0.39, 0.29) is 11.9 Å². The highest BCUT2D eigenvalue weighted by atomic mass is 16.5. The van der Waals surface area contributed by atoms with Crippen molar-refractivity contribution < 1.29 is 9.53 Å². The van der Waals surface area contributed by atoms with Gasteiger partial charge < -0.3 is 10.1 Å². The molecule has 0 fully saturated rings. The van der Waals surface area contributed by atoms with Gasteiger partial charge in [0.2, 0.25) is 0 Å². The smallest absolute Gasteiger partial charge is 0.261 e. The molecule has 0 heterocycles. The van der Waals surface area contributed by atoms with Gasteiger partial charge in [-0.15, -0.1) is 0 Å². The molecule has 122 valence electrons. The summed E-state index contributed by atoms with van der Waals surface area (Å²) in [6.07, 6.45) is -0.537. The highest BCUT2D eigenvalue weighted by Crippen LogP contribution is 2.19. The van der Waals surface area contributed by atoms with Gasteiger partial charge in [0.15, 0.2) is 6.10 Å². The number of carbonyl (C=O) groups excluding carboxylic acids is 1. The van der Waals surface area contributed by atoms with Crippen molar-refractivity contribution in [2.24, 2.45) is 0 Å². The van der Waals surface area contributed by atoms with E-state index < -0.39 is 6.10 Å². The lowest BCUT2D eigenvalue weighted by atomic mass is 10.0. The van der Waals surface area contributed by atoms with Crippen LogP contribution in [0.15, 0.2) is 42.5 Å². The zero-order valence-corrected chi connectivity index (χ0v) is 14.5. The van der Waals surface area contributed by atoms with Gasteiger partial charge in [0.25, 0.3) is 5.91 Å². The van der Waals surface area contributed by atoms with E-state index in [1.165, 1.54) is 11.1 Å². The Hall–Kier alpha value is -2.29. The van der Waals surface area contributed by atoms with Crippen LogP contribution in [0.5, 0.6) is 5.75 Å². The Morgan fingerprint density at radius 1 is 0.957 bits per heavy atom. The molecule has 0 aliphatic heterocycles. The molecule has 0 saturated carbocycles. The molecule has 3 heteroatoms. The van der Waals surface area contributed by atoms with Crippen LogP contribution in [-0.4, -0.2) is 12.0 Å². The van der Waals surface area contributed by atoms with E-state index in [4.69, 9.17) is 4.74 Å². The van der Waals surface area contributed by atoms with Crippen LogP contribution in [0.2, 0.25) is 0 Å². The first-order valence-corrected chi connectivity index (χ1v) is 7.98. The first kappa shape index (κ1) is 17.1. The van der Waals surface area contributed by atoms with Crippen LogP contribution in [0.3, 0.4) is 0 Å². The molecule has 23 heavy (non-hydrogen) atoms. The molecule has 0 bridgehead atoms. The van der Waals surface area contributed by atoms with Crippen molar-refractivity contribution in [3.63, 3.8) is 0 Å². The topological polar surface area (TPSA) is 38.3 Å². The number of hydrogen-bond donors (Lipinski definition) is 1. The summed E-state index contributed by atoms with van der Waals surface area (Å²) in [6, 6.07) is 13.9. The SMILES string of the molecule is Cc1ccc(C(C)NC(=O)C(C)Oc2ccccc2C)cc1C. The zero-order chi connectivity index (χ0) is 17.0. The Morgan fingerprint density at radius 2 is 1.65 bits per heavy atom. The Balaban J connectivity index is 2.00. The van der Waals surface area contributed by atoms with Crippen molar-refractivity contribution in [3.8, 4) is 5.75 Å². The molecule has 2 atom stereocenters. The zero-order valence-electron chi connectivity index (χ0n) is 14.5. The number of benzene rings is 2. The minimum Gasteiger partial charge on any atom is -0.481 e.